The monoisotopic (exact) mass is 547 g/mol. The summed E-state index contributed by atoms with van der Waals surface area (Å²) in [5, 5.41) is 5.01. The van der Waals surface area contributed by atoms with E-state index in [9.17, 15) is 14.4 Å². The highest BCUT2D eigenvalue weighted by molar-refractivity contribution is 9.10. The Kier molecular flexibility index (Phi) is 7.10. The van der Waals surface area contributed by atoms with Gasteiger partial charge in [0, 0.05) is 28.0 Å². The van der Waals surface area contributed by atoms with Gasteiger partial charge in [-0.2, -0.15) is 0 Å². The van der Waals surface area contributed by atoms with Crippen LogP contribution in [0, 0.1) is 0 Å². The zero-order chi connectivity index (χ0) is 25.2. The lowest BCUT2D eigenvalue weighted by atomic mass is 9.95. The smallest absolute Gasteiger partial charge is 0.259 e. The van der Waals surface area contributed by atoms with Gasteiger partial charge in [-0.25, -0.2) is 0 Å². The SMILES string of the molecule is C[C@H](C(=O)NC1CCCCC1)N(Cc1cccc(Br)c1)C(=O)CN1C(=O)c2cccc3cccc1c23. The highest BCUT2D eigenvalue weighted by atomic mass is 79.9. The molecular formula is C29H30BrN3O3. The van der Waals surface area contributed by atoms with Crippen LogP contribution in [-0.2, 0) is 16.1 Å². The Hall–Kier alpha value is -3.19. The van der Waals surface area contributed by atoms with Crippen molar-refractivity contribution in [3.8, 4) is 0 Å². The second-order valence-corrected chi connectivity index (χ2v) is 10.7. The molecule has 7 heteroatoms. The fraction of sp³-hybridized carbons (Fsp3) is 0.345. The van der Waals surface area contributed by atoms with Crippen LogP contribution in [0.2, 0.25) is 0 Å². The van der Waals surface area contributed by atoms with Crippen molar-refractivity contribution in [3.05, 3.63) is 76.3 Å². The Bertz CT molecular complexity index is 1310. The van der Waals surface area contributed by atoms with E-state index in [1.54, 1.807) is 22.8 Å². The van der Waals surface area contributed by atoms with Crippen LogP contribution in [-0.4, -0.2) is 41.2 Å². The van der Waals surface area contributed by atoms with E-state index in [2.05, 4.69) is 21.2 Å². The average molecular weight is 548 g/mol. The molecule has 0 unspecified atom stereocenters. The van der Waals surface area contributed by atoms with Crippen molar-refractivity contribution < 1.29 is 14.4 Å². The third-order valence-corrected chi connectivity index (χ3v) is 7.80. The summed E-state index contributed by atoms with van der Waals surface area (Å²) in [6.45, 7) is 1.92. The molecule has 186 valence electrons. The van der Waals surface area contributed by atoms with Crippen molar-refractivity contribution in [1.29, 1.82) is 0 Å². The average Bonchev–Trinajstić information content (AvgIpc) is 3.15. The molecule has 0 aromatic heterocycles. The molecule has 3 amide bonds. The summed E-state index contributed by atoms with van der Waals surface area (Å²) >= 11 is 3.50. The summed E-state index contributed by atoms with van der Waals surface area (Å²) in [5.74, 6) is -0.598. The van der Waals surface area contributed by atoms with Crippen molar-refractivity contribution >= 4 is 50.1 Å². The number of nitrogens with zero attached hydrogens (tertiary/aromatic N) is 2. The number of rotatable bonds is 7. The second kappa shape index (κ2) is 10.4. The van der Waals surface area contributed by atoms with Gasteiger partial charge in [0.2, 0.25) is 11.8 Å². The Labute approximate surface area is 219 Å². The van der Waals surface area contributed by atoms with E-state index in [1.165, 1.54) is 6.42 Å². The topological polar surface area (TPSA) is 69.7 Å². The van der Waals surface area contributed by atoms with Gasteiger partial charge < -0.3 is 10.2 Å². The van der Waals surface area contributed by atoms with Crippen LogP contribution in [0.5, 0.6) is 0 Å². The van der Waals surface area contributed by atoms with E-state index in [1.807, 2.05) is 54.6 Å². The van der Waals surface area contributed by atoms with Gasteiger partial charge >= 0.3 is 0 Å². The zero-order valence-corrected chi connectivity index (χ0v) is 22.0. The minimum absolute atomic E-state index is 0.123. The molecule has 0 spiro atoms. The zero-order valence-electron chi connectivity index (χ0n) is 20.4. The molecule has 0 bridgehead atoms. The third kappa shape index (κ3) is 4.89. The number of carbonyl (C=O) groups excluding carboxylic acids is 3. The molecule has 0 radical (unpaired) electrons. The maximum absolute atomic E-state index is 13.8. The maximum atomic E-state index is 13.8. The van der Waals surface area contributed by atoms with Gasteiger partial charge in [-0.3, -0.25) is 19.3 Å². The number of benzene rings is 3. The minimum Gasteiger partial charge on any atom is -0.352 e. The van der Waals surface area contributed by atoms with Gasteiger partial charge in [0.1, 0.15) is 12.6 Å². The molecule has 3 aromatic carbocycles. The van der Waals surface area contributed by atoms with Crippen molar-refractivity contribution in [2.75, 3.05) is 11.4 Å². The van der Waals surface area contributed by atoms with Gasteiger partial charge in [-0.15, -0.1) is 0 Å². The first-order chi connectivity index (χ1) is 17.4. The number of hydrogen-bond acceptors (Lipinski definition) is 3. The van der Waals surface area contributed by atoms with Crippen molar-refractivity contribution in [2.24, 2.45) is 0 Å². The van der Waals surface area contributed by atoms with E-state index in [4.69, 9.17) is 0 Å². The normalized spacial score (nSPS) is 16.3. The van der Waals surface area contributed by atoms with E-state index >= 15 is 0 Å². The quantitative estimate of drug-likeness (QED) is 0.428. The van der Waals surface area contributed by atoms with Crippen molar-refractivity contribution in [3.63, 3.8) is 0 Å². The number of anilines is 1. The molecule has 2 aliphatic rings. The Balaban J connectivity index is 1.40. The lowest BCUT2D eigenvalue weighted by Crippen LogP contribution is -2.52. The maximum Gasteiger partial charge on any atom is 0.259 e. The number of amides is 3. The predicted octanol–water partition coefficient (Wildman–Crippen LogP) is 5.43. The molecule has 1 atom stereocenters. The first kappa shape index (κ1) is 24.5. The van der Waals surface area contributed by atoms with Crippen molar-refractivity contribution in [1.82, 2.24) is 10.2 Å². The molecule has 6 nitrogen and oxygen atoms in total. The predicted molar refractivity (Wildman–Crippen MR) is 145 cm³/mol. The minimum atomic E-state index is -0.672. The largest absolute Gasteiger partial charge is 0.352 e. The summed E-state index contributed by atoms with van der Waals surface area (Å²) in [6.07, 6.45) is 5.38. The molecule has 0 saturated heterocycles. The Morgan fingerprint density at radius 2 is 1.78 bits per heavy atom. The molecule has 1 aliphatic heterocycles. The number of nitrogens with one attached hydrogen (secondary N) is 1. The molecule has 1 heterocycles. The van der Waals surface area contributed by atoms with Gasteiger partial charge in [-0.1, -0.05) is 71.6 Å². The summed E-state index contributed by atoms with van der Waals surface area (Å²) in [5.41, 5.74) is 2.26. The molecule has 36 heavy (non-hydrogen) atoms. The van der Waals surface area contributed by atoms with Gasteiger partial charge in [0.15, 0.2) is 0 Å². The highest BCUT2D eigenvalue weighted by Gasteiger charge is 2.34. The Morgan fingerprint density at radius 1 is 1.06 bits per heavy atom. The van der Waals surface area contributed by atoms with Crippen LogP contribution in [0.15, 0.2) is 65.1 Å². The fourth-order valence-electron chi connectivity index (χ4n) is 5.35. The molecule has 1 N–H and O–H groups in total. The molecule has 1 fully saturated rings. The first-order valence-corrected chi connectivity index (χ1v) is 13.4. The number of carbonyl (C=O) groups is 3. The van der Waals surface area contributed by atoms with Gasteiger partial charge in [-0.05, 0) is 55.0 Å². The summed E-state index contributed by atoms with van der Waals surface area (Å²) in [7, 11) is 0. The molecule has 1 saturated carbocycles. The van der Waals surface area contributed by atoms with Gasteiger partial charge in [0.25, 0.3) is 5.91 Å². The summed E-state index contributed by atoms with van der Waals surface area (Å²) in [6, 6.07) is 18.6. The molecule has 5 rings (SSSR count). The lowest BCUT2D eigenvalue weighted by molar-refractivity contribution is -0.139. The standard InChI is InChI=1S/C29H30BrN3O3/c1-19(28(35)31-23-12-3-2-4-13-23)32(17-20-8-5-11-22(30)16-20)26(34)18-33-25-15-7-10-21-9-6-14-24(27(21)25)29(33)36/h5-11,14-16,19,23H,2-4,12-13,17-18H2,1H3,(H,31,35)/t19-/m1/s1. The van der Waals surface area contributed by atoms with Crippen molar-refractivity contribution in [2.45, 2.75) is 57.7 Å². The van der Waals surface area contributed by atoms with E-state index in [-0.39, 0.29) is 36.9 Å². The van der Waals surface area contributed by atoms with E-state index in [0.29, 0.717) is 5.56 Å². The van der Waals surface area contributed by atoms with Crippen LogP contribution >= 0.6 is 15.9 Å². The van der Waals surface area contributed by atoms with Crippen LogP contribution < -0.4 is 10.2 Å². The summed E-state index contributed by atoms with van der Waals surface area (Å²) in [4.78, 5) is 43.4. The van der Waals surface area contributed by atoms with Crippen LogP contribution in [0.3, 0.4) is 0 Å². The number of hydrogen-bond donors (Lipinski definition) is 1. The first-order valence-electron chi connectivity index (χ1n) is 12.6. The second-order valence-electron chi connectivity index (χ2n) is 9.74. The lowest BCUT2D eigenvalue weighted by Gasteiger charge is -2.32. The van der Waals surface area contributed by atoms with Crippen LogP contribution in [0.25, 0.3) is 10.8 Å². The molecular weight excluding hydrogens is 518 g/mol. The van der Waals surface area contributed by atoms with Gasteiger partial charge in [0.05, 0.1) is 5.69 Å². The highest BCUT2D eigenvalue weighted by Crippen LogP contribution is 2.37. The number of halogens is 1. The third-order valence-electron chi connectivity index (χ3n) is 7.30. The summed E-state index contributed by atoms with van der Waals surface area (Å²) < 4.78 is 0.906. The van der Waals surface area contributed by atoms with E-state index < -0.39 is 6.04 Å². The van der Waals surface area contributed by atoms with Crippen LogP contribution in [0.1, 0.15) is 54.9 Å². The Morgan fingerprint density at radius 3 is 2.53 bits per heavy atom. The van der Waals surface area contributed by atoms with Crippen LogP contribution in [0.4, 0.5) is 5.69 Å². The molecule has 1 aliphatic carbocycles. The van der Waals surface area contributed by atoms with E-state index in [0.717, 1.165) is 52.2 Å². The fourth-order valence-corrected chi connectivity index (χ4v) is 5.79. The molecule has 3 aromatic rings.